The molecule has 1 saturated heterocycles. The highest BCUT2D eigenvalue weighted by Gasteiger charge is 2.60. The molecule has 2 nitrogen and oxygen atoms in total. The van der Waals surface area contributed by atoms with E-state index in [9.17, 15) is 0 Å². The predicted molar refractivity (Wildman–Crippen MR) is 79.2 cm³/mol. The van der Waals surface area contributed by atoms with E-state index in [1.54, 1.807) is 0 Å². The van der Waals surface area contributed by atoms with E-state index in [-0.39, 0.29) is 6.29 Å². The van der Waals surface area contributed by atoms with Crippen molar-refractivity contribution in [2.75, 3.05) is 6.61 Å². The lowest BCUT2D eigenvalue weighted by molar-refractivity contribution is -0.165. The monoisotopic (exact) mass is 278 g/mol. The Labute approximate surface area is 123 Å². The van der Waals surface area contributed by atoms with Crippen molar-refractivity contribution in [3.05, 3.63) is 0 Å². The van der Waals surface area contributed by atoms with Gasteiger partial charge < -0.3 is 9.47 Å². The molecule has 3 saturated carbocycles. The summed E-state index contributed by atoms with van der Waals surface area (Å²) in [6.07, 6.45) is 10.0. The first kappa shape index (κ1) is 13.6. The van der Waals surface area contributed by atoms with Crippen LogP contribution < -0.4 is 0 Å². The van der Waals surface area contributed by atoms with Crippen molar-refractivity contribution < 1.29 is 9.47 Å². The first-order chi connectivity index (χ1) is 9.81. The first-order valence-corrected chi connectivity index (χ1v) is 9.08. The molecule has 4 fully saturated rings. The van der Waals surface area contributed by atoms with Crippen LogP contribution in [0.3, 0.4) is 0 Å². The van der Waals surface area contributed by atoms with Gasteiger partial charge in [-0.3, -0.25) is 0 Å². The number of rotatable bonds is 4. The summed E-state index contributed by atoms with van der Waals surface area (Å²) < 4.78 is 12.1. The second-order valence-corrected chi connectivity index (χ2v) is 7.74. The molecular weight excluding hydrogens is 248 g/mol. The SMILES string of the molecule is CCC1CC(CC)C2C3CC(CC3OC3CCCO3)C12. The van der Waals surface area contributed by atoms with E-state index in [0.29, 0.717) is 6.10 Å². The standard InChI is InChI=1S/C18H30O2/c1-3-11-8-12(4-2)18-14-9-13(17(11)18)10-15(14)20-16-6-5-7-19-16/h11-18H,3-10H2,1-2H3. The number of fused-ring (bicyclic) bond motifs is 5. The maximum Gasteiger partial charge on any atom is 0.158 e. The highest BCUT2D eigenvalue weighted by molar-refractivity contribution is 5.08. The van der Waals surface area contributed by atoms with Gasteiger partial charge in [0.15, 0.2) is 6.29 Å². The third-order valence-electron chi connectivity index (χ3n) is 7.03. The second-order valence-electron chi connectivity index (χ2n) is 7.74. The minimum absolute atomic E-state index is 0.126. The second kappa shape index (κ2) is 5.28. The quantitative estimate of drug-likeness (QED) is 0.766. The summed E-state index contributed by atoms with van der Waals surface area (Å²) in [7, 11) is 0. The summed E-state index contributed by atoms with van der Waals surface area (Å²) in [6, 6.07) is 0. The summed E-state index contributed by atoms with van der Waals surface area (Å²) in [6.45, 7) is 5.72. The smallest absolute Gasteiger partial charge is 0.158 e. The van der Waals surface area contributed by atoms with Crippen molar-refractivity contribution in [2.45, 2.75) is 71.2 Å². The van der Waals surface area contributed by atoms with Crippen molar-refractivity contribution >= 4 is 0 Å². The van der Waals surface area contributed by atoms with Crippen LogP contribution >= 0.6 is 0 Å². The summed E-state index contributed by atoms with van der Waals surface area (Å²) >= 11 is 0. The van der Waals surface area contributed by atoms with E-state index in [2.05, 4.69) is 13.8 Å². The van der Waals surface area contributed by atoms with Gasteiger partial charge in [0.2, 0.25) is 0 Å². The summed E-state index contributed by atoms with van der Waals surface area (Å²) in [5, 5.41) is 0. The Morgan fingerprint density at radius 2 is 1.80 bits per heavy atom. The highest BCUT2D eigenvalue weighted by atomic mass is 16.7. The molecule has 2 heteroatoms. The molecule has 4 rings (SSSR count). The van der Waals surface area contributed by atoms with Crippen LogP contribution in [0.15, 0.2) is 0 Å². The normalized spacial score (nSPS) is 53.7. The van der Waals surface area contributed by atoms with Crippen molar-refractivity contribution in [3.8, 4) is 0 Å². The van der Waals surface area contributed by atoms with Gasteiger partial charge in [-0.25, -0.2) is 0 Å². The lowest BCUT2D eigenvalue weighted by Crippen LogP contribution is -2.36. The molecule has 0 aromatic carbocycles. The topological polar surface area (TPSA) is 18.5 Å². The first-order valence-electron chi connectivity index (χ1n) is 9.08. The minimum Gasteiger partial charge on any atom is -0.353 e. The number of hydrogen-bond acceptors (Lipinski definition) is 2. The molecule has 0 aromatic rings. The zero-order chi connectivity index (χ0) is 13.7. The van der Waals surface area contributed by atoms with Crippen LogP contribution in [0, 0.1) is 35.5 Å². The molecule has 1 aliphatic heterocycles. The van der Waals surface area contributed by atoms with Gasteiger partial charge in [-0.05, 0) is 61.2 Å². The van der Waals surface area contributed by atoms with Crippen LogP contribution in [-0.2, 0) is 9.47 Å². The van der Waals surface area contributed by atoms with Crippen molar-refractivity contribution in [3.63, 3.8) is 0 Å². The van der Waals surface area contributed by atoms with E-state index < -0.39 is 0 Å². The Bertz CT molecular complexity index is 349. The van der Waals surface area contributed by atoms with Crippen LogP contribution in [0.4, 0.5) is 0 Å². The maximum absolute atomic E-state index is 6.35. The summed E-state index contributed by atoms with van der Waals surface area (Å²) in [4.78, 5) is 0. The predicted octanol–water partition coefficient (Wildman–Crippen LogP) is 4.24. The molecule has 1 heterocycles. The van der Waals surface area contributed by atoms with E-state index in [4.69, 9.17) is 9.47 Å². The van der Waals surface area contributed by atoms with Crippen LogP contribution in [0.2, 0.25) is 0 Å². The van der Waals surface area contributed by atoms with Gasteiger partial charge in [0.05, 0.1) is 6.10 Å². The van der Waals surface area contributed by atoms with Crippen LogP contribution in [0.1, 0.15) is 58.8 Å². The Morgan fingerprint density at radius 3 is 2.50 bits per heavy atom. The molecule has 0 amide bonds. The maximum atomic E-state index is 6.35. The number of hydrogen-bond donors (Lipinski definition) is 0. The van der Waals surface area contributed by atoms with Crippen molar-refractivity contribution in [1.82, 2.24) is 0 Å². The van der Waals surface area contributed by atoms with Gasteiger partial charge in [-0.2, -0.15) is 0 Å². The van der Waals surface area contributed by atoms with E-state index >= 15 is 0 Å². The summed E-state index contributed by atoms with van der Waals surface area (Å²) in [5.41, 5.74) is 0. The average Bonchev–Trinajstić information content (AvgIpc) is 3.20. The van der Waals surface area contributed by atoms with Crippen LogP contribution in [0.5, 0.6) is 0 Å². The minimum atomic E-state index is 0.126. The molecular formula is C18H30O2. The lowest BCUT2D eigenvalue weighted by Gasteiger charge is -2.36. The molecule has 2 bridgehead atoms. The fraction of sp³-hybridized carbons (Fsp3) is 1.00. The molecule has 3 aliphatic carbocycles. The zero-order valence-corrected chi connectivity index (χ0v) is 13.1. The Hall–Kier alpha value is -0.0800. The molecule has 8 atom stereocenters. The molecule has 0 aromatic heterocycles. The van der Waals surface area contributed by atoms with Gasteiger partial charge in [0.1, 0.15) is 0 Å². The van der Waals surface area contributed by atoms with Gasteiger partial charge in [-0.1, -0.05) is 26.7 Å². The zero-order valence-electron chi connectivity index (χ0n) is 13.1. The van der Waals surface area contributed by atoms with E-state index in [1.165, 1.54) is 38.5 Å². The molecule has 4 aliphatic rings. The largest absolute Gasteiger partial charge is 0.353 e. The van der Waals surface area contributed by atoms with Crippen LogP contribution in [-0.4, -0.2) is 19.0 Å². The third kappa shape index (κ3) is 1.98. The molecule has 114 valence electrons. The molecule has 0 N–H and O–H groups in total. The van der Waals surface area contributed by atoms with E-state index in [1.807, 2.05) is 0 Å². The molecule has 0 spiro atoms. The van der Waals surface area contributed by atoms with Crippen molar-refractivity contribution in [2.24, 2.45) is 35.5 Å². The number of ether oxygens (including phenoxy) is 2. The highest BCUT2D eigenvalue weighted by Crippen LogP contribution is 2.64. The van der Waals surface area contributed by atoms with Gasteiger partial charge in [0.25, 0.3) is 0 Å². The lowest BCUT2D eigenvalue weighted by atomic mass is 9.74. The van der Waals surface area contributed by atoms with E-state index in [0.717, 1.165) is 48.5 Å². The van der Waals surface area contributed by atoms with Gasteiger partial charge in [-0.15, -0.1) is 0 Å². The third-order valence-corrected chi connectivity index (χ3v) is 7.03. The Morgan fingerprint density at radius 1 is 1.00 bits per heavy atom. The Kier molecular flexibility index (Phi) is 3.58. The summed E-state index contributed by atoms with van der Waals surface area (Å²) in [5.74, 6) is 5.85. The van der Waals surface area contributed by atoms with Crippen LogP contribution in [0.25, 0.3) is 0 Å². The van der Waals surface area contributed by atoms with Gasteiger partial charge >= 0.3 is 0 Å². The molecule has 0 radical (unpaired) electrons. The van der Waals surface area contributed by atoms with Gasteiger partial charge in [0, 0.05) is 13.0 Å². The fourth-order valence-corrected chi connectivity index (χ4v) is 6.34. The Balaban J connectivity index is 1.48. The molecule has 20 heavy (non-hydrogen) atoms. The molecule has 8 unspecified atom stereocenters. The van der Waals surface area contributed by atoms with Crippen molar-refractivity contribution in [1.29, 1.82) is 0 Å². The fourth-order valence-electron chi connectivity index (χ4n) is 6.34. The average molecular weight is 278 g/mol.